The molecule has 2 atom stereocenters. The fourth-order valence-electron chi connectivity index (χ4n) is 5.50. The minimum absolute atomic E-state index is 0.0765. The highest BCUT2D eigenvalue weighted by Gasteiger charge is 2.17. The minimum atomic E-state index is -4.42. The van der Waals surface area contributed by atoms with Crippen LogP contribution in [-0.4, -0.2) is 58.1 Å². The average Bonchev–Trinajstić information content (AvgIpc) is 3.04. The van der Waals surface area contributed by atoms with E-state index in [2.05, 4.69) is 13.8 Å². The van der Waals surface area contributed by atoms with Crippen molar-refractivity contribution in [3.8, 4) is 0 Å². The zero-order chi connectivity index (χ0) is 35.4. The van der Waals surface area contributed by atoms with Crippen LogP contribution in [0.2, 0.25) is 0 Å². The lowest BCUT2D eigenvalue weighted by atomic mass is 10.0. The van der Waals surface area contributed by atoms with Gasteiger partial charge in [0.05, 0.1) is 40.3 Å². The number of likely N-dealkylation sites (N-methyl/N-ethyl adjacent to an activating group) is 1. The van der Waals surface area contributed by atoms with Crippen molar-refractivity contribution >= 4 is 7.82 Å². The molecule has 286 valence electrons. The summed E-state index contributed by atoms with van der Waals surface area (Å²) < 4.78 is 34.7. The van der Waals surface area contributed by atoms with Crippen molar-refractivity contribution in [1.82, 2.24) is 0 Å². The summed E-state index contributed by atoms with van der Waals surface area (Å²) in [5, 5.41) is 0. The highest BCUT2D eigenvalue weighted by molar-refractivity contribution is 7.45. The molecule has 0 aliphatic heterocycles. The van der Waals surface area contributed by atoms with Crippen LogP contribution in [0.1, 0.15) is 181 Å². The summed E-state index contributed by atoms with van der Waals surface area (Å²) in [5.41, 5.74) is 0. The molecule has 0 aromatic heterocycles. The Kier molecular flexibility index (Phi) is 34.0. The van der Waals surface area contributed by atoms with Gasteiger partial charge in [-0.05, 0) is 37.8 Å². The summed E-state index contributed by atoms with van der Waals surface area (Å²) in [6.45, 7) is 5.23. The van der Waals surface area contributed by atoms with Crippen LogP contribution in [0, 0.1) is 0 Å². The Hall–Kier alpha value is -0.850. The molecular formula is C40H80NO6P. The molecule has 0 rings (SSSR count). The lowest BCUT2D eigenvalue weighted by molar-refractivity contribution is -0.870. The van der Waals surface area contributed by atoms with Crippen molar-refractivity contribution in [2.24, 2.45) is 0 Å². The number of allylic oxidation sites excluding steroid dienone is 2. The molecule has 0 aromatic carbocycles. The molecule has 0 saturated heterocycles. The Balaban J connectivity index is 4.24. The van der Waals surface area contributed by atoms with E-state index in [9.17, 15) is 9.46 Å². The molecule has 7 nitrogen and oxygen atoms in total. The number of phosphoric ester groups is 1. The quantitative estimate of drug-likeness (QED) is 0.0276. The molecule has 0 aliphatic carbocycles. The van der Waals surface area contributed by atoms with Crippen LogP contribution in [0.15, 0.2) is 24.7 Å². The van der Waals surface area contributed by atoms with Gasteiger partial charge >= 0.3 is 0 Å². The summed E-state index contributed by atoms with van der Waals surface area (Å²) >= 11 is 0. The van der Waals surface area contributed by atoms with Crippen LogP contribution in [0.3, 0.4) is 0 Å². The normalized spacial score (nSPS) is 14.2. The van der Waals surface area contributed by atoms with Crippen LogP contribution in [0.5, 0.6) is 0 Å². The van der Waals surface area contributed by atoms with E-state index in [1.165, 1.54) is 141 Å². The number of unbranched alkanes of at least 4 members (excludes halogenated alkanes) is 24. The van der Waals surface area contributed by atoms with Crippen LogP contribution >= 0.6 is 7.82 Å². The molecule has 0 saturated carbocycles. The van der Waals surface area contributed by atoms with E-state index in [1.54, 1.807) is 12.5 Å². The first kappa shape index (κ1) is 47.1. The Bertz CT molecular complexity index is 769. The van der Waals surface area contributed by atoms with Crippen molar-refractivity contribution in [1.29, 1.82) is 0 Å². The average molecular weight is 702 g/mol. The molecule has 0 aromatic rings. The van der Waals surface area contributed by atoms with E-state index in [0.717, 1.165) is 25.7 Å². The van der Waals surface area contributed by atoms with Crippen molar-refractivity contribution in [2.75, 3.05) is 47.5 Å². The van der Waals surface area contributed by atoms with Crippen LogP contribution in [0.4, 0.5) is 0 Å². The van der Waals surface area contributed by atoms with E-state index in [4.69, 9.17) is 18.5 Å². The van der Waals surface area contributed by atoms with Gasteiger partial charge in [0.25, 0.3) is 7.82 Å². The zero-order valence-corrected chi connectivity index (χ0v) is 33.3. The number of phosphoric acid groups is 1. The summed E-state index contributed by atoms with van der Waals surface area (Å²) in [6.07, 6.45) is 40.9. The topological polar surface area (TPSA) is 77.1 Å². The molecule has 0 radical (unpaired) electrons. The Morgan fingerprint density at radius 3 is 1.38 bits per heavy atom. The lowest BCUT2D eigenvalue weighted by Gasteiger charge is -2.28. The largest absolute Gasteiger partial charge is 0.756 e. The van der Waals surface area contributed by atoms with E-state index >= 15 is 0 Å². The van der Waals surface area contributed by atoms with Gasteiger partial charge in [0, 0.05) is 0 Å². The molecule has 48 heavy (non-hydrogen) atoms. The molecule has 0 heterocycles. The third kappa shape index (κ3) is 38.0. The molecule has 0 N–H and O–H groups in total. The van der Waals surface area contributed by atoms with Crippen LogP contribution in [-0.2, 0) is 23.1 Å². The van der Waals surface area contributed by atoms with Crippen LogP contribution in [0.25, 0.3) is 0 Å². The third-order valence-corrected chi connectivity index (χ3v) is 9.68. The first-order valence-electron chi connectivity index (χ1n) is 20.2. The monoisotopic (exact) mass is 702 g/mol. The Morgan fingerprint density at radius 1 is 0.562 bits per heavy atom. The summed E-state index contributed by atoms with van der Waals surface area (Å²) in [5.74, 6) is 0. The zero-order valence-electron chi connectivity index (χ0n) is 32.4. The van der Waals surface area contributed by atoms with Gasteiger partial charge in [0.1, 0.15) is 19.8 Å². The van der Waals surface area contributed by atoms with Gasteiger partial charge in [-0.25, -0.2) is 0 Å². The number of rotatable bonds is 38. The SMILES string of the molecule is CCCCCCCCCCCCCCC=COC[C@H](COP(=O)([O-])OCC[N+](C)(C)C)O/C=C\CCCCCCCCCCCCCC. The highest BCUT2D eigenvalue weighted by atomic mass is 31.2. The van der Waals surface area contributed by atoms with E-state index in [0.29, 0.717) is 11.0 Å². The second-order valence-corrected chi connectivity index (χ2v) is 16.2. The van der Waals surface area contributed by atoms with Crippen molar-refractivity contribution < 1.29 is 32.5 Å². The fraction of sp³-hybridized carbons (Fsp3) is 0.900. The highest BCUT2D eigenvalue weighted by Crippen LogP contribution is 2.38. The summed E-state index contributed by atoms with van der Waals surface area (Å²) in [7, 11) is 1.53. The standard InChI is InChI=1S/C40H80NO6P/c1-6-8-10-12-14-16-18-20-22-24-26-28-30-32-35-44-38-40(39-47-48(42,43)46-37-34-41(3,4)5)45-36-33-31-29-27-25-23-21-19-17-15-13-11-9-7-2/h32-33,35-36,40H,6-31,34,37-39H2,1-5H3/b35-32?,36-33-/t40-/m1/s1. The fourth-order valence-corrected chi connectivity index (χ4v) is 6.23. The van der Waals surface area contributed by atoms with Gasteiger partial charge in [-0.1, -0.05) is 155 Å². The number of ether oxygens (including phenoxy) is 2. The van der Waals surface area contributed by atoms with E-state index in [1.807, 2.05) is 33.3 Å². The van der Waals surface area contributed by atoms with Gasteiger partial charge in [0.15, 0.2) is 6.10 Å². The minimum Gasteiger partial charge on any atom is -0.756 e. The number of hydrogen-bond donors (Lipinski definition) is 0. The predicted molar refractivity (Wildman–Crippen MR) is 203 cm³/mol. The third-order valence-electron chi connectivity index (χ3n) is 8.72. The van der Waals surface area contributed by atoms with Gasteiger partial charge in [-0.3, -0.25) is 4.57 Å². The van der Waals surface area contributed by atoms with Crippen molar-refractivity contribution in [3.05, 3.63) is 24.7 Å². The molecule has 0 fully saturated rings. The van der Waals surface area contributed by atoms with Gasteiger partial charge in [0.2, 0.25) is 0 Å². The second-order valence-electron chi connectivity index (χ2n) is 14.8. The van der Waals surface area contributed by atoms with Crippen molar-refractivity contribution in [2.45, 2.75) is 187 Å². The van der Waals surface area contributed by atoms with Gasteiger partial charge in [-0.15, -0.1) is 0 Å². The summed E-state index contributed by atoms with van der Waals surface area (Å²) in [6, 6.07) is 0. The molecule has 0 spiro atoms. The van der Waals surface area contributed by atoms with E-state index < -0.39 is 13.9 Å². The molecular weight excluding hydrogens is 621 g/mol. The Morgan fingerprint density at radius 2 is 0.958 bits per heavy atom. The maximum absolute atomic E-state index is 12.3. The smallest absolute Gasteiger partial charge is 0.268 e. The lowest BCUT2D eigenvalue weighted by Crippen LogP contribution is -2.37. The van der Waals surface area contributed by atoms with Gasteiger partial charge < -0.3 is 27.9 Å². The molecule has 0 aliphatic rings. The first-order valence-corrected chi connectivity index (χ1v) is 21.6. The molecule has 1 unspecified atom stereocenters. The maximum atomic E-state index is 12.3. The van der Waals surface area contributed by atoms with Crippen LogP contribution < -0.4 is 4.89 Å². The maximum Gasteiger partial charge on any atom is 0.268 e. The Labute approximate surface area is 298 Å². The molecule has 0 bridgehead atoms. The number of quaternary nitrogens is 1. The first-order chi connectivity index (χ1) is 23.2. The predicted octanol–water partition coefficient (Wildman–Crippen LogP) is 11.8. The van der Waals surface area contributed by atoms with E-state index in [-0.39, 0.29) is 19.8 Å². The number of nitrogens with zero attached hydrogens (tertiary/aromatic N) is 1. The summed E-state index contributed by atoms with van der Waals surface area (Å²) in [4.78, 5) is 12.3. The van der Waals surface area contributed by atoms with Gasteiger partial charge in [-0.2, -0.15) is 0 Å². The second kappa shape index (κ2) is 34.6. The number of hydrogen-bond acceptors (Lipinski definition) is 6. The molecule has 8 heteroatoms. The van der Waals surface area contributed by atoms with Crippen molar-refractivity contribution in [3.63, 3.8) is 0 Å². The molecule has 0 amide bonds.